The Balaban J connectivity index is 1.60. The molecule has 1 aliphatic carbocycles. The minimum absolute atomic E-state index is 0.244. The van der Waals surface area contributed by atoms with Crippen LogP contribution in [0.2, 0.25) is 10.0 Å². The number of hydrogen-bond donors (Lipinski definition) is 1. The molecule has 0 spiro atoms. The number of benzene rings is 2. The second-order valence-electron chi connectivity index (χ2n) is 6.61. The van der Waals surface area contributed by atoms with Crippen LogP contribution in [0.15, 0.2) is 42.5 Å². The second-order valence-corrected chi connectivity index (χ2v) is 9.57. The molecule has 1 N–H and O–H groups in total. The van der Waals surface area contributed by atoms with Gasteiger partial charge in [0.05, 0.1) is 17.8 Å². The first-order valence-corrected chi connectivity index (χ1v) is 10.4. The first kappa shape index (κ1) is 18.4. The summed E-state index contributed by atoms with van der Waals surface area (Å²) in [6.07, 6.45) is 0.315. The number of methoxy groups -OCH3 is 1. The fourth-order valence-electron chi connectivity index (χ4n) is 3.56. The summed E-state index contributed by atoms with van der Waals surface area (Å²) in [7, 11) is -2.35. The van der Waals surface area contributed by atoms with Gasteiger partial charge in [0, 0.05) is 23.2 Å². The number of nitrogens with zero attached hydrogens (tertiary/aromatic N) is 1. The van der Waals surface area contributed by atoms with Crippen LogP contribution in [0.25, 0.3) is 0 Å². The van der Waals surface area contributed by atoms with Crippen molar-refractivity contribution < 1.29 is 17.9 Å². The van der Waals surface area contributed by atoms with Crippen LogP contribution in [0.3, 0.4) is 0 Å². The van der Waals surface area contributed by atoms with E-state index in [1.165, 1.54) is 17.5 Å². The quantitative estimate of drug-likeness (QED) is 0.810. The van der Waals surface area contributed by atoms with Gasteiger partial charge in [0.2, 0.25) is 15.9 Å². The van der Waals surface area contributed by atoms with E-state index in [9.17, 15) is 13.2 Å². The van der Waals surface area contributed by atoms with Crippen molar-refractivity contribution in [3.8, 4) is 5.75 Å². The Hall–Kier alpha value is -1.96. The average Bonchev–Trinajstić information content (AvgIpc) is 3.32. The van der Waals surface area contributed by atoms with Gasteiger partial charge in [-0.05, 0) is 48.9 Å². The molecule has 1 saturated carbocycles. The van der Waals surface area contributed by atoms with Crippen molar-refractivity contribution in [2.75, 3.05) is 23.3 Å². The van der Waals surface area contributed by atoms with Gasteiger partial charge in [0.25, 0.3) is 0 Å². The van der Waals surface area contributed by atoms with E-state index in [2.05, 4.69) is 5.32 Å². The lowest BCUT2D eigenvalue weighted by Gasteiger charge is -2.23. The summed E-state index contributed by atoms with van der Waals surface area (Å²) in [5.41, 5.74) is 0.928. The smallest absolute Gasteiger partial charge is 0.250 e. The number of nitrogens with one attached hydrogen (secondary N) is 1. The molecule has 6 nitrogen and oxygen atoms in total. The van der Waals surface area contributed by atoms with E-state index in [0.29, 0.717) is 33.6 Å². The lowest BCUT2D eigenvalue weighted by atomic mass is 10.2. The monoisotopic (exact) mass is 426 g/mol. The fourth-order valence-corrected chi connectivity index (χ4v) is 6.30. The van der Waals surface area contributed by atoms with Gasteiger partial charge in [-0.25, -0.2) is 8.42 Å². The van der Waals surface area contributed by atoms with Gasteiger partial charge < -0.3 is 10.1 Å². The van der Waals surface area contributed by atoms with Crippen LogP contribution in [0.4, 0.5) is 11.4 Å². The summed E-state index contributed by atoms with van der Waals surface area (Å²) >= 11 is 12.0. The van der Waals surface area contributed by atoms with Crippen molar-refractivity contribution in [1.29, 1.82) is 0 Å². The third-order valence-corrected chi connectivity index (χ3v) is 8.19. The molecule has 142 valence electrons. The third-order valence-electron chi connectivity index (χ3n) is 5.09. The Labute approximate surface area is 167 Å². The van der Waals surface area contributed by atoms with Crippen molar-refractivity contribution in [3.63, 3.8) is 0 Å². The first-order valence-electron chi connectivity index (χ1n) is 8.22. The molecule has 2 atom stereocenters. The van der Waals surface area contributed by atoms with Crippen LogP contribution in [0.5, 0.6) is 5.75 Å². The highest BCUT2D eigenvalue weighted by Crippen LogP contribution is 2.58. The Morgan fingerprint density at radius 1 is 1.22 bits per heavy atom. The van der Waals surface area contributed by atoms with Crippen molar-refractivity contribution in [1.82, 2.24) is 0 Å². The lowest BCUT2D eigenvalue weighted by Crippen LogP contribution is -2.42. The zero-order chi connectivity index (χ0) is 19.4. The van der Waals surface area contributed by atoms with Crippen molar-refractivity contribution in [2.24, 2.45) is 5.92 Å². The van der Waals surface area contributed by atoms with Crippen molar-refractivity contribution in [3.05, 3.63) is 52.5 Å². The molecule has 2 aliphatic rings. The van der Waals surface area contributed by atoms with Gasteiger partial charge in [-0.3, -0.25) is 9.10 Å². The molecule has 0 radical (unpaired) electrons. The summed E-state index contributed by atoms with van der Waals surface area (Å²) in [6, 6.07) is 11.3. The van der Waals surface area contributed by atoms with Gasteiger partial charge in [-0.2, -0.15) is 0 Å². The largest absolute Gasteiger partial charge is 0.495 e. The Morgan fingerprint density at radius 2 is 1.93 bits per heavy atom. The maximum absolute atomic E-state index is 13.1. The Kier molecular flexibility index (Phi) is 4.29. The number of carbonyl (C=O) groups is 1. The number of halogens is 2. The van der Waals surface area contributed by atoms with E-state index in [-0.39, 0.29) is 12.5 Å². The van der Waals surface area contributed by atoms with E-state index in [0.717, 1.165) is 0 Å². The molecule has 2 aromatic carbocycles. The van der Waals surface area contributed by atoms with Gasteiger partial charge in [0.1, 0.15) is 5.75 Å². The summed E-state index contributed by atoms with van der Waals surface area (Å²) in [5.74, 6) is -0.309. The van der Waals surface area contributed by atoms with Gasteiger partial charge in [-0.1, -0.05) is 23.2 Å². The molecule has 27 heavy (non-hydrogen) atoms. The van der Waals surface area contributed by atoms with E-state index >= 15 is 0 Å². The highest BCUT2D eigenvalue weighted by atomic mass is 35.5. The second kappa shape index (κ2) is 6.29. The number of hydrogen-bond acceptors (Lipinski definition) is 4. The van der Waals surface area contributed by atoms with Crippen LogP contribution in [-0.2, 0) is 14.8 Å². The topological polar surface area (TPSA) is 75.7 Å². The summed E-state index contributed by atoms with van der Waals surface area (Å²) in [4.78, 5) is 12.9. The highest BCUT2D eigenvalue weighted by molar-refractivity contribution is 7.95. The molecule has 1 saturated heterocycles. The zero-order valence-corrected chi connectivity index (χ0v) is 16.6. The van der Waals surface area contributed by atoms with Crippen LogP contribution in [0, 0.1) is 5.92 Å². The normalized spacial score (nSPS) is 25.0. The molecule has 9 heteroatoms. The molecule has 4 rings (SSSR count). The number of anilines is 2. The number of amides is 1. The molecule has 1 amide bonds. The van der Waals surface area contributed by atoms with E-state index in [1.807, 2.05) is 0 Å². The van der Waals surface area contributed by atoms with E-state index in [4.69, 9.17) is 27.9 Å². The molecule has 2 fully saturated rings. The Bertz CT molecular complexity index is 1030. The minimum atomic E-state index is -3.84. The highest BCUT2D eigenvalue weighted by Gasteiger charge is 2.75. The van der Waals surface area contributed by atoms with Gasteiger partial charge in [-0.15, -0.1) is 0 Å². The predicted molar refractivity (Wildman–Crippen MR) is 105 cm³/mol. The number of sulfonamides is 1. The lowest BCUT2D eigenvalue weighted by molar-refractivity contribution is -0.116. The van der Waals surface area contributed by atoms with Crippen molar-refractivity contribution >= 4 is 50.5 Å². The standard InChI is InChI=1S/C18H16Cl2N2O4S/c1-26-16-7-4-13(8-15(16)20)21-17(23)18-9-11(18)10-22(27(18,24)25)14-5-2-12(19)3-6-14/h2-8,11H,9-10H2,1H3,(H,21,23)/t11-,18+/m1/s1. The maximum Gasteiger partial charge on any atom is 0.250 e. The molecule has 2 aromatic rings. The minimum Gasteiger partial charge on any atom is -0.495 e. The molecule has 1 aliphatic heterocycles. The molecule has 0 bridgehead atoms. The molecular weight excluding hydrogens is 411 g/mol. The first-order chi connectivity index (χ1) is 12.8. The summed E-state index contributed by atoms with van der Waals surface area (Å²) in [6.45, 7) is 0.279. The summed E-state index contributed by atoms with van der Waals surface area (Å²) in [5, 5.41) is 3.54. The fraction of sp³-hybridized carbons (Fsp3) is 0.278. The molecular formula is C18H16Cl2N2O4S. The maximum atomic E-state index is 13.1. The number of fused-ring (bicyclic) bond motifs is 1. The molecule has 0 aromatic heterocycles. The van der Waals surface area contributed by atoms with Crippen LogP contribution in [-0.4, -0.2) is 32.7 Å². The van der Waals surface area contributed by atoms with Gasteiger partial charge in [0.15, 0.2) is 4.75 Å². The van der Waals surface area contributed by atoms with Crippen LogP contribution in [0.1, 0.15) is 6.42 Å². The molecule has 0 unspecified atom stereocenters. The van der Waals surface area contributed by atoms with Crippen LogP contribution >= 0.6 is 23.2 Å². The predicted octanol–water partition coefficient (Wildman–Crippen LogP) is 3.55. The zero-order valence-electron chi connectivity index (χ0n) is 14.3. The summed E-state index contributed by atoms with van der Waals surface area (Å²) < 4.78 is 31.2. The van der Waals surface area contributed by atoms with Crippen LogP contribution < -0.4 is 14.4 Å². The van der Waals surface area contributed by atoms with Crippen molar-refractivity contribution in [2.45, 2.75) is 11.2 Å². The third kappa shape index (κ3) is 2.76. The SMILES string of the molecule is COc1ccc(NC(=O)[C@]23C[C@@H]2CN(c2ccc(Cl)cc2)S3(=O)=O)cc1Cl. The molecule has 1 heterocycles. The Morgan fingerprint density at radius 3 is 2.56 bits per heavy atom. The average molecular weight is 427 g/mol. The number of rotatable bonds is 4. The number of carbonyl (C=O) groups excluding carboxylic acids is 1. The van der Waals surface area contributed by atoms with E-state index < -0.39 is 20.7 Å². The number of ether oxygens (including phenoxy) is 1. The van der Waals surface area contributed by atoms with Gasteiger partial charge >= 0.3 is 0 Å². The van der Waals surface area contributed by atoms with E-state index in [1.54, 1.807) is 36.4 Å².